The molecule has 2 rings (SSSR count). The summed E-state index contributed by atoms with van der Waals surface area (Å²) in [7, 11) is -3.54. The van der Waals surface area contributed by atoms with Crippen molar-refractivity contribution in [3.05, 3.63) is 29.3 Å². The van der Waals surface area contributed by atoms with Crippen molar-refractivity contribution < 1.29 is 17.2 Å². The van der Waals surface area contributed by atoms with Crippen LogP contribution >= 0.6 is 0 Å². The van der Waals surface area contributed by atoms with Crippen LogP contribution in [0.4, 0.5) is 8.78 Å². The molecule has 0 amide bonds. The molecule has 0 radical (unpaired) electrons. The van der Waals surface area contributed by atoms with Crippen LogP contribution < -0.4 is 5.32 Å². The lowest BCUT2D eigenvalue weighted by molar-refractivity contribution is 0.390. The molecule has 19 heavy (non-hydrogen) atoms. The Morgan fingerprint density at radius 1 is 1.32 bits per heavy atom. The smallest absolute Gasteiger partial charge is 0.179 e. The molecule has 0 saturated heterocycles. The fourth-order valence-electron chi connectivity index (χ4n) is 2.51. The number of halogens is 2. The van der Waals surface area contributed by atoms with Gasteiger partial charge in [-0.05, 0) is 36.6 Å². The fraction of sp³-hybridized carbons (Fsp3) is 0.538. The third-order valence-electron chi connectivity index (χ3n) is 3.39. The standard InChI is InChI=1S/C13H17F2NO2S/c1-3-4-16-13-8(2)7-19(17,18)12-6-11(15)10(14)5-9(12)13/h5-6,8,13,16H,3-4,7H2,1-2H3. The molecule has 106 valence electrons. The summed E-state index contributed by atoms with van der Waals surface area (Å²) in [4.78, 5) is -0.0851. The van der Waals surface area contributed by atoms with E-state index in [0.717, 1.165) is 18.6 Å². The van der Waals surface area contributed by atoms with Gasteiger partial charge in [-0.15, -0.1) is 0 Å². The third kappa shape index (κ3) is 2.65. The van der Waals surface area contributed by atoms with Crippen molar-refractivity contribution in [2.45, 2.75) is 31.2 Å². The van der Waals surface area contributed by atoms with Gasteiger partial charge in [-0.3, -0.25) is 0 Å². The van der Waals surface area contributed by atoms with Crippen LogP contribution in [-0.2, 0) is 9.84 Å². The Morgan fingerprint density at radius 2 is 1.95 bits per heavy atom. The molecule has 2 unspecified atom stereocenters. The molecule has 0 saturated carbocycles. The third-order valence-corrected chi connectivity index (χ3v) is 5.38. The highest BCUT2D eigenvalue weighted by Gasteiger charge is 2.36. The molecule has 2 atom stereocenters. The van der Waals surface area contributed by atoms with Crippen molar-refractivity contribution in [1.29, 1.82) is 0 Å². The number of nitrogens with one attached hydrogen (secondary N) is 1. The topological polar surface area (TPSA) is 46.2 Å². The summed E-state index contributed by atoms with van der Waals surface area (Å²) in [6.45, 7) is 4.49. The van der Waals surface area contributed by atoms with Crippen molar-refractivity contribution in [3.8, 4) is 0 Å². The molecular formula is C13H17F2NO2S. The summed E-state index contributed by atoms with van der Waals surface area (Å²) in [6.07, 6.45) is 0.884. The van der Waals surface area contributed by atoms with Gasteiger partial charge < -0.3 is 5.32 Å². The normalized spacial score (nSPS) is 25.1. The second-order valence-electron chi connectivity index (χ2n) is 4.99. The molecule has 0 aliphatic carbocycles. The molecule has 1 aromatic carbocycles. The maximum absolute atomic E-state index is 13.4. The van der Waals surface area contributed by atoms with Crippen LogP contribution in [0.1, 0.15) is 31.9 Å². The van der Waals surface area contributed by atoms with Crippen LogP contribution in [0, 0.1) is 17.6 Å². The van der Waals surface area contributed by atoms with Crippen molar-refractivity contribution in [2.75, 3.05) is 12.3 Å². The number of hydrogen-bond donors (Lipinski definition) is 1. The summed E-state index contributed by atoms with van der Waals surface area (Å²) in [5.41, 5.74) is 0.339. The van der Waals surface area contributed by atoms with E-state index in [0.29, 0.717) is 12.1 Å². The first kappa shape index (κ1) is 14.4. The number of rotatable bonds is 3. The largest absolute Gasteiger partial charge is 0.310 e. The van der Waals surface area contributed by atoms with Gasteiger partial charge in [-0.2, -0.15) is 0 Å². The van der Waals surface area contributed by atoms with Gasteiger partial charge in [-0.1, -0.05) is 13.8 Å². The predicted molar refractivity (Wildman–Crippen MR) is 68.6 cm³/mol. The number of benzene rings is 1. The lowest BCUT2D eigenvalue weighted by Crippen LogP contribution is -2.36. The second kappa shape index (κ2) is 5.17. The average molecular weight is 289 g/mol. The minimum Gasteiger partial charge on any atom is -0.310 e. The van der Waals surface area contributed by atoms with E-state index in [-0.39, 0.29) is 22.6 Å². The Morgan fingerprint density at radius 3 is 2.58 bits per heavy atom. The molecule has 0 aromatic heterocycles. The summed E-state index contributed by atoms with van der Waals surface area (Å²) in [6, 6.07) is 1.55. The lowest BCUT2D eigenvalue weighted by atomic mass is 9.95. The Bertz CT molecular complexity index is 587. The lowest BCUT2D eigenvalue weighted by Gasteiger charge is -2.32. The molecule has 3 nitrogen and oxygen atoms in total. The van der Waals surface area contributed by atoms with E-state index in [1.807, 2.05) is 6.92 Å². The van der Waals surface area contributed by atoms with Crippen molar-refractivity contribution in [1.82, 2.24) is 5.32 Å². The Hall–Kier alpha value is -1.01. The zero-order valence-corrected chi connectivity index (χ0v) is 11.7. The van der Waals surface area contributed by atoms with E-state index >= 15 is 0 Å². The highest BCUT2D eigenvalue weighted by Crippen LogP contribution is 2.36. The Labute approximate surface area is 111 Å². The average Bonchev–Trinajstić information content (AvgIpc) is 2.31. The van der Waals surface area contributed by atoms with Crippen LogP contribution in [0.25, 0.3) is 0 Å². The number of fused-ring (bicyclic) bond motifs is 1. The molecule has 1 N–H and O–H groups in total. The molecular weight excluding hydrogens is 272 g/mol. The van der Waals surface area contributed by atoms with Crippen molar-refractivity contribution in [3.63, 3.8) is 0 Å². The molecule has 1 aliphatic heterocycles. The van der Waals surface area contributed by atoms with E-state index in [2.05, 4.69) is 5.32 Å². The molecule has 6 heteroatoms. The van der Waals surface area contributed by atoms with Gasteiger partial charge in [-0.25, -0.2) is 17.2 Å². The van der Waals surface area contributed by atoms with Gasteiger partial charge in [0.05, 0.1) is 10.6 Å². The Balaban J connectivity index is 2.55. The molecule has 1 aliphatic rings. The molecule has 0 bridgehead atoms. The van der Waals surface area contributed by atoms with E-state index < -0.39 is 21.5 Å². The zero-order chi connectivity index (χ0) is 14.2. The van der Waals surface area contributed by atoms with Gasteiger partial charge in [0.1, 0.15) is 0 Å². The summed E-state index contributed by atoms with van der Waals surface area (Å²) < 4.78 is 50.7. The highest BCUT2D eigenvalue weighted by atomic mass is 32.2. The predicted octanol–water partition coefficient (Wildman–Crippen LogP) is 2.43. The van der Waals surface area contributed by atoms with E-state index in [4.69, 9.17) is 0 Å². The highest BCUT2D eigenvalue weighted by molar-refractivity contribution is 7.91. The molecule has 1 aromatic rings. The van der Waals surface area contributed by atoms with E-state index in [1.54, 1.807) is 6.92 Å². The van der Waals surface area contributed by atoms with Gasteiger partial charge in [0.15, 0.2) is 21.5 Å². The fourth-order valence-corrected chi connectivity index (χ4v) is 4.40. The van der Waals surface area contributed by atoms with Crippen LogP contribution in [-0.4, -0.2) is 20.7 Å². The first-order chi connectivity index (χ1) is 8.86. The number of hydrogen-bond acceptors (Lipinski definition) is 3. The van der Waals surface area contributed by atoms with Gasteiger partial charge in [0.25, 0.3) is 0 Å². The Kier molecular flexibility index (Phi) is 3.92. The van der Waals surface area contributed by atoms with Crippen LogP contribution in [0.5, 0.6) is 0 Å². The van der Waals surface area contributed by atoms with Crippen LogP contribution in [0.15, 0.2) is 17.0 Å². The first-order valence-corrected chi connectivity index (χ1v) is 7.97. The van der Waals surface area contributed by atoms with Crippen LogP contribution in [0.2, 0.25) is 0 Å². The summed E-state index contributed by atoms with van der Waals surface area (Å²) in [5, 5.41) is 3.21. The summed E-state index contributed by atoms with van der Waals surface area (Å²) >= 11 is 0. The number of sulfone groups is 1. The van der Waals surface area contributed by atoms with Gasteiger partial charge in [0.2, 0.25) is 0 Å². The van der Waals surface area contributed by atoms with E-state index in [9.17, 15) is 17.2 Å². The minimum absolute atomic E-state index is 0.0492. The zero-order valence-electron chi connectivity index (χ0n) is 10.9. The molecule has 1 heterocycles. The maximum atomic E-state index is 13.4. The second-order valence-corrected chi connectivity index (χ2v) is 7.00. The maximum Gasteiger partial charge on any atom is 0.179 e. The van der Waals surface area contributed by atoms with E-state index in [1.165, 1.54) is 0 Å². The SMILES string of the molecule is CCCNC1c2cc(F)c(F)cc2S(=O)(=O)CC1C. The first-order valence-electron chi connectivity index (χ1n) is 6.32. The van der Waals surface area contributed by atoms with Gasteiger partial charge >= 0.3 is 0 Å². The van der Waals surface area contributed by atoms with Gasteiger partial charge in [0, 0.05) is 6.04 Å². The summed E-state index contributed by atoms with van der Waals surface area (Å²) in [5.74, 6) is -2.35. The quantitative estimate of drug-likeness (QED) is 0.869. The molecule has 0 spiro atoms. The minimum atomic E-state index is -3.54. The molecule has 0 fully saturated rings. The van der Waals surface area contributed by atoms with Crippen LogP contribution in [0.3, 0.4) is 0 Å². The monoisotopic (exact) mass is 289 g/mol. The van der Waals surface area contributed by atoms with Crippen molar-refractivity contribution >= 4 is 9.84 Å². The van der Waals surface area contributed by atoms with Crippen molar-refractivity contribution in [2.24, 2.45) is 5.92 Å².